The first-order chi connectivity index (χ1) is 17.9. The summed E-state index contributed by atoms with van der Waals surface area (Å²) in [4.78, 5) is 28.1. The fourth-order valence-electron chi connectivity index (χ4n) is 4.41. The van der Waals surface area contributed by atoms with Crippen molar-refractivity contribution in [1.82, 2.24) is 19.7 Å². The number of carbonyl (C=O) groups is 1. The van der Waals surface area contributed by atoms with Crippen molar-refractivity contribution in [2.75, 3.05) is 45.8 Å². The summed E-state index contributed by atoms with van der Waals surface area (Å²) in [5, 5.41) is 19.9. The van der Waals surface area contributed by atoms with Crippen LogP contribution in [0.15, 0.2) is 29.2 Å². The van der Waals surface area contributed by atoms with E-state index in [0.29, 0.717) is 48.5 Å². The fraction of sp³-hybridized carbons (Fsp3) is 0.440. The van der Waals surface area contributed by atoms with Crippen molar-refractivity contribution in [3.05, 3.63) is 56.7 Å². The summed E-state index contributed by atoms with van der Waals surface area (Å²) in [7, 11) is 1.59. The van der Waals surface area contributed by atoms with Gasteiger partial charge in [-0.2, -0.15) is 0 Å². The van der Waals surface area contributed by atoms with E-state index in [1.54, 1.807) is 34.9 Å². The molecule has 0 radical (unpaired) electrons. The summed E-state index contributed by atoms with van der Waals surface area (Å²) >= 11 is 1.12. The van der Waals surface area contributed by atoms with Crippen molar-refractivity contribution in [3.8, 4) is 16.3 Å². The molecule has 3 N–H and O–H groups in total. The summed E-state index contributed by atoms with van der Waals surface area (Å²) in [6, 6.07) is 4.11. The molecule has 1 aromatic carbocycles. The molecule has 0 spiro atoms. The minimum Gasteiger partial charge on any atom is -0.503 e. The van der Waals surface area contributed by atoms with Gasteiger partial charge in [0.25, 0.3) is 5.91 Å². The number of ether oxygens (including phenoxy) is 2. The number of anilines is 1. The van der Waals surface area contributed by atoms with Gasteiger partial charge in [0.05, 0.1) is 31.4 Å². The molecule has 0 saturated heterocycles. The molecule has 5 rings (SSSR count). The van der Waals surface area contributed by atoms with Crippen molar-refractivity contribution < 1.29 is 23.8 Å². The van der Waals surface area contributed by atoms with Crippen LogP contribution in [0.3, 0.4) is 0 Å². The quantitative estimate of drug-likeness (QED) is 0.302. The highest BCUT2D eigenvalue weighted by molar-refractivity contribution is 7.14. The normalized spacial score (nSPS) is 17.3. The number of hydrogen-bond acceptors (Lipinski definition) is 9. The van der Waals surface area contributed by atoms with Gasteiger partial charge in [-0.1, -0.05) is 17.4 Å². The Morgan fingerprint density at radius 3 is 2.78 bits per heavy atom. The van der Waals surface area contributed by atoms with Gasteiger partial charge in [-0.3, -0.25) is 9.59 Å². The molecule has 1 aliphatic carbocycles. The molecule has 1 aliphatic heterocycles. The standard InChI is InChI=1S/C25H28FN5O5S/c1-35-6-7-36-13-17-11-30(10-14-2-3-14)25(34)21-23(33)22(32)18(12-31(17)21)24-29-28-20(37-24)8-15-4-5-16(27)9-19(15)26/h4-5,9,12,14,17,33H,2-3,6-8,10-11,13,27H2,1H3/t17-/m1/s1. The largest absolute Gasteiger partial charge is 0.503 e. The topological polar surface area (TPSA) is 133 Å². The SMILES string of the molecule is COCCOC[C@H]1CN(CC2CC2)C(=O)c2c(O)c(=O)c(-c3nnc(Cc4ccc(N)cc4F)s3)cn21. The van der Waals surface area contributed by atoms with Gasteiger partial charge in [-0.25, -0.2) is 4.39 Å². The summed E-state index contributed by atoms with van der Waals surface area (Å²) < 4.78 is 26.7. The molecule has 1 amide bonds. The molecule has 2 aliphatic rings. The minimum atomic E-state index is -0.701. The number of amides is 1. The van der Waals surface area contributed by atoms with Crippen LogP contribution in [0.1, 0.15) is 39.9 Å². The Morgan fingerprint density at radius 1 is 1.24 bits per heavy atom. The number of hydrogen-bond donors (Lipinski definition) is 2. The first-order valence-corrected chi connectivity index (χ1v) is 12.9. The molecule has 1 atom stereocenters. The smallest absolute Gasteiger partial charge is 0.274 e. The first-order valence-electron chi connectivity index (χ1n) is 12.1. The second-order valence-corrected chi connectivity index (χ2v) is 10.4. The average molecular weight is 530 g/mol. The van der Waals surface area contributed by atoms with Crippen LogP contribution >= 0.6 is 11.3 Å². The Hall–Kier alpha value is -3.35. The number of halogens is 1. The number of pyridine rings is 1. The van der Waals surface area contributed by atoms with Crippen LogP contribution in [-0.2, 0) is 15.9 Å². The van der Waals surface area contributed by atoms with E-state index in [0.717, 1.165) is 24.2 Å². The van der Waals surface area contributed by atoms with Crippen molar-refractivity contribution in [2.24, 2.45) is 5.92 Å². The lowest BCUT2D eigenvalue weighted by molar-refractivity contribution is 0.0334. The zero-order valence-corrected chi connectivity index (χ0v) is 21.2. The molecule has 12 heteroatoms. The number of benzene rings is 1. The lowest BCUT2D eigenvalue weighted by Crippen LogP contribution is -2.46. The highest BCUT2D eigenvalue weighted by Crippen LogP contribution is 2.35. The lowest BCUT2D eigenvalue weighted by Gasteiger charge is -2.36. The molecule has 196 valence electrons. The van der Waals surface area contributed by atoms with Crippen molar-refractivity contribution >= 4 is 22.9 Å². The summed E-state index contributed by atoms with van der Waals surface area (Å²) in [5.74, 6) is -0.998. The Labute approximate surface area is 216 Å². The number of fused-ring (bicyclic) bond motifs is 1. The number of nitrogens with zero attached hydrogens (tertiary/aromatic N) is 4. The summed E-state index contributed by atoms with van der Waals surface area (Å²) in [6.07, 6.45) is 3.85. The third-order valence-electron chi connectivity index (χ3n) is 6.56. The zero-order valence-electron chi connectivity index (χ0n) is 20.4. The summed E-state index contributed by atoms with van der Waals surface area (Å²) in [6.45, 7) is 2.05. The van der Waals surface area contributed by atoms with E-state index in [1.807, 2.05) is 0 Å². The molecule has 10 nitrogen and oxygen atoms in total. The molecule has 37 heavy (non-hydrogen) atoms. The number of nitrogen functional groups attached to an aromatic ring is 1. The molecule has 3 aromatic rings. The van der Waals surface area contributed by atoms with Gasteiger partial charge in [0.15, 0.2) is 16.5 Å². The van der Waals surface area contributed by atoms with E-state index in [1.165, 1.54) is 6.07 Å². The highest BCUT2D eigenvalue weighted by atomic mass is 32.1. The van der Waals surface area contributed by atoms with Crippen LogP contribution < -0.4 is 11.2 Å². The van der Waals surface area contributed by atoms with E-state index in [4.69, 9.17) is 15.2 Å². The number of aromatic hydroxyl groups is 1. The van der Waals surface area contributed by atoms with Gasteiger partial charge in [-0.05, 0) is 36.5 Å². The van der Waals surface area contributed by atoms with E-state index in [-0.39, 0.29) is 41.2 Å². The van der Waals surface area contributed by atoms with Gasteiger partial charge >= 0.3 is 0 Å². The highest BCUT2D eigenvalue weighted by Gasteiger charge is 2.37. The number of methoxy groups -OCH3 is 1. The third-order valence-corrected chi connectivity index (χ3v) is 7.51. The number of rotatable bonds is 10. The monoisotopic (exact) mass is 529 g/mol. The van der Waals surface area contributed by atoms with Gasteiger partial charge in [0, 0.05) is 38.5 Å². The Kier molecular flexibility index (Phi) is 7.22. The maximum absolute atomic E-state index is 14.3. The lowest BCUT2D eigenvalue weighted by atomic mass is 10.1. The van der Waals surface area contributed by atoms with Crippen molar-refractivity contribution in [3.63, 3.8) is 0 Å². The molecule has 1 fully saturated rings. The Morgan fingerprint density at radius 2 is 2.05 bits per heavy atom. The maximum Gasteiger partial charge on any atom is 0.274 e. The van der Waals surface area contributed by atoms with Crippen LogP contribution in [0.25, 0.3) is 10.6 Å². The predicted molar refractivity (Wildman–Crippen MR) is 135 cm³/mol. The fourth-order valence-corrected chi connectivity index (χ4v) is 5.28. The molecular weight excluding hydrogens is 501 g/mol. The van der Waals surface area contributed by atoms with E-state index >= 15 is 0 Å². The average Bonchev–Trinajstić information content (AvgIpc) is 3.57. The second-order valence-electron chi connectivity index (χ2n) is 9.38. The third kappa shape index (κ3) is 5.36. The molecule has 1 saturated carbocycles. The van der Waals surface area contributed by atoms with Crippen LogP contribution in [-0.4, -0.2) is 70.7 Å². The Balaban J connectivity index is 1.47. The first kappa shape index (κ1) is 25.3. The van der Waals surface area contributed by atoms with Crippen LogP contribution in [0.4, 0.5) is 10.1 Å². The molecule has 2 aromatic heterocycles. The van der Waals surface area contributed by atoms with E-state index in [2.05, 4.69) is 10.2 Å². The van der Waals surface area contributed by atoms with Crippen LogP contribution in [0, 0.1) is 11.7 Å². The second kappa shape index (κ2) is 10.6. The van der Waals surface area contributed by atoms with Crippen molar-refractivity contribution in [1.29, 1.82) is 0 Å². The minimum absolute atomic E-state index is 0.0466. The van der Waals surface area contributed by atoms with Gasteiger partial charge in [0.2, 0.25) is 5.43 Å². The van der Waals surface area contributed by atoms with Gasteiger partial charge in [-0.15, -0.1) is 10.2 Å². The number of nitrogens with two attached hydrogens (primary N) is 1. The van der Waals surface area contributed by atoms with Crippen LogP contribution in [0.5, 0.6) is 5.75 Å². The van der Waals surface area contributed by atoms with Gasteiger partial charge in [0.1, 0.15) is 10.8 Å². The van der Waals surface area contributed by atoms with Crippen LogP contribution in [0.2, 0.25) is 0 Å². The van der Waals surface area contributed by atoms with E-state index < -0.39 is 17.0 Å². The molecule has 3 heterocycles. The Bertz CT molecular complexity index is 1370. The summed E-state index contributed by atoms with van der Waals surface area (Å²) in [5.41, 5.74) is 5.71. The predicted octanol–water partition coefficient (Wildman–Crippen LogP) is 2.45. The van der Waals surface area contributed by atoms with Crippen molar-refractivity contribution in [2.45, 2.75) is 25.3 Å². The van der Waals surface area contributed by atoms with E-state index in [9.17, 15) is 19.1 Å². The molecule has 0 bridgehead atoms. The van der Waals surface area contributed by atoms with Gasteiger partial charge < -0.3 is 29.8 Å². The number of aromatic nitrogens is 3. The zero-order chi connectivity index (χ0) is 26.1. The molecular formula is C25H28FN5O5S. The maximum atomic E-state index is 14.3. The molecule has 0 unspecified atom stereocenters. The number of carbonyl (C=O) groups excluding carboxylic acids is 1.